The van der Waals surface area contributed by atoms with E-state index in [0.29, 0.717) is 23.3 Å². The fourth-order valence-electron chi connectivity index (χ4n) is 1.83. The Labute approximate surface area is 87.0 Å². The highest BCUT2D eigenvalue weighted by atomic mass is 32.2. The van der Waals surface area contributed by atoms with Crippen LogP contribution in [0.3, 0.4) is 0 Å². The van der Waals surface area contributed by atoms with Gasteiger partial charge in [0.25, 0.3) is 0 Å². The van der Waals surface area contributed by atoms with Gasteiger partial charge in [0.15, 0.2) is 0 Å². The highest BCUT2D eigenvalue weighted by Crippen LogP contribution is 2.24. The van der Waals surface area contributed by atoms with Crippen molar-refractivity contribution in [2.75, 3.05) is 11.5 Å². The van der Waals surface area contributed by atoms with Crippen LogP contribution in [0, 0.1) is 11.8 Å². The van der Waals surface area contributed by atoms with E-state index in [1.54, 1.807) is 0 Å². The van der Waals surface area contributed by atoms with Crippen molar-refractivity contribution >= 4 is 9.84 Å². The fraction of sp³-hybridized carbons (Fsp3) is 1.00. The van der Waals surface area contributed by atoms with Crippen molar-refractivity contribution in [3.8, 4) is 0 Å². The minimum Gasteiger partial charge on any atom is -0.327 e. The Morgan fingerprint density at radius 3 is 2.21 bits per heavy atom. The summed E-state index contributed by atoms with van der Waals surface area (Å²) in [6, 6.07) is 0.223. The predicted molar refractivity (Wildman–Crippen MR) is 58.8 cm³/mol. The summed E-state index contributed by atoms with van der Waals surface area (Å²) < 4.78 is 22.4. The second kappa shape index (κ2) is 4.62. The Bertz CT molecular complexity index is 258. The van der Waals surface area contributed by atoms with E-state index >= 15 is 0 Å². The summed E-state index contributed by atoms with van der Waals surface area (Å²) in [5, 5.41) is 0. The van der Waals surface area contributed by atoms with Crippen LogP contribution in [0.4, 0.5) is 0 Å². The smallest absolute Gasteiger partial charge is 0.150 e. The van der Waals surface area contributed by atoms with Gasteiger partial charge in [-0.15, -0.1) is 0 Å². The van der Waals surface area contributed by atoms with E-state index in [1.807, 2.05) is 0 Å². The zero-order valence-electron chi connectivity index (χ0n) is 9.07. The van der Waals surface area contributed by atoms with Crippen LogP contribution >= 0.6 is 0 Å². The minimum absolute atomic E-state index is 0.223. The highest BCUT2D eigenvalue weighted by molar-refractivity contribution is 7.91. The van der Waals surface area contributed by atoms with Gasteiger partial charge in [-0.05, 0) is 31.1 Å². The Kier molecular flexibility index (Phi) is 3.95. The molecule has 0 amide bonds. The molecule has 1 fully saturated rings. The van der Waals surface area contributed by atoms with Crippen molar-refractivity contribution in [1.82, 2.24) is 0 Å². The fourth-order valence-corrected chi connectivity index (χ4v) is 3.42. The van der Waals surface area contributed by atoms with Gasteiger partial charge in [0.2, 0.25) is 0 Å². The molecule has 1 atom stereocenters. The van der Waals surface area contributed by atoms with Crippen LogP contribution < -0.4 is 5.73 Å². The van der Waals surface area contributed by atoms with Crippen molar-refractivity contribution < 1.29 is 8.42 Å². The first-order valence-electron chi connectivity index (χ1n) is 5.37. The summed E-state index contributed by atoms with van der Waals surface area (Å²) in [4.78, 5) is 0. The molecule has 84 valence electrons. The van der Waals surface area contributed by atoms with Crippen LogP contribution in [0.2, 0.25) is 0 Å². The first-order valence-corrected chi connectivity index (χ1v) is 7.19. The minimum atomic E-state index is -2.71. The van der Waals surface area contributed by atoms with Gasteiger partial charge in [0.05, 0.1) is 11.5 Å². The monoisotopic (exact) mass is 219 g/mol. The third kappa shape index (κ3) is 3.58. The van der Waals surface area contributed by atoms with E-state index in [1.165, 1.54) is 0 Å². The molecule has 0 aromatic carbocycles. The number of hydrogen-bond donors (Lipinski definition) is 1. The molecule has 1 rings (SSSR count). The molecule has 0 aliphatic carbocycles. The molecule has 4 heteroatoms. The lowest BCUT2D eigenvalue weighted by Gasteiger charge is -2.26. The predicted octanol–water partition coefficient (Wildman–Crippen LogP) is 1.18. The molecule has 0 spiro atoms. The van der Waals surface area contributed by atoms with Gasteiger partial charge in [-0.25, -0.2) is 8.42 Å². The molecule has 1 aliphatic heterocycles. The van der Waals surface area contributed by atoms with E-state index in [4.69, 9.17) is 5.73 Å². The van der Waals surface area contributed by atoms with Crippen LogP contribution in [0.15, 0.2) is 0 Å². The molecule has 0 saturated carbocycles. The topological polar surface area (TPSA) is 60.2 Å². The number of rotatable bonds is 3. The van der Waals surface area contributed by atoms with Crippen LogP contribution in [0.5, 0.6) is 0 Å². The van der Waals surface area contributed by atoms with E-state index < -0.39 is 9.84 Å². The van der Waals surface area contributed by atoms with Crippen LogP contribution in [0.1, 0.15) is 33.1 Å². The maximum Gasteiger partial charge on any atom is 0.150 e. The van der Waals surface area contributed by atoms with Gasteiger partial charge in [0, 0.05) is 6.04 Å². The molecule has 14 heavy (non-hydrogen) atoms. The van der Waals surface area contributed by atoms with Crippen molar-refractivity contribution in [3.63, 3.8) is 0 Å². The molecule has 2 N–H and O–H groups in total. The Balaban J connectivity index is 2.36. The maximum atomic E-state index is 11.2. The Morgan fingerprint density at radius 1 is 1.29 bits per heavy atom. The SMILES string of the molecule is CC(C)C(N)CC1CCS(=O)(=O)CC1. The molecule has 3 nitrogen and oxygen atoms in total. The molecule has 0 bridgehead atoms. The molecule has 0 aromatic rings. The number of hydrogen-bond acceptors (Lipinski definition) is 3. The van der Waals surface area contributed by atoms with Gasteiger partial charge < -0.3 is 5.73 Å². The lowest BCUT2D eigenvalue weighted by molar-refractivity contribution is 0.350. The summed E-state index contributed by atoms with van der Waals surface area (Å²) in [5.74, 6) is 1.75. The van der Waals surface area contributed by atoms with Gasteiger partial charge >= 0.3 is 0 Å². The normalized spacial score (nSPS) is 25.1. The third-order valence-corrected chi connectivity index (χ3v) is 4.85. The average molecular weight is 219 g/mol. The van der Waals surface area contributed by atoms with Gasteiger partial charge in [0.1, 0.15) is 9.84 Å². The molecule has 0 radical (unpaired) electrons. The van der Waals surface area contributed by atoms with Crippen LogP contribution in [0.25, 0.3) is 0 Å². The quantitative estimate of drug-likeness (QED) is 0.775. The summed E-state index contributed by atoms with van der Waals surface area (Å²) in [6.45, 7) is 4.23. The van der Waals surface area contributed by atoms with Crippen LogP contribution in [-0.4, -0.2) is 26.0 Å². The molecule has 1 heterocycles. The highest BCUT2D eigenvalue weighted by Gasteiger charge is 2.25. The Morgan fingerprint density at radius 2 is 1.79 bits per heavy atom. The molecule has 1 saturated heterocycles. The molecular weight excluding hydrogens is 198 g/mol. The van der Waals surface area contributed by atoms with E-state index in [-0.39, 0.29) is 6.04 Å². The summed E-state index contributed by atoms with van der Waals surface area (Å²) in [5.41, 5.74) is 5.97. The largest absolute Gasteiger partial charge is 0.327 e. The summed E-state index contributed by atoms with van der Waals surface area (Å²) in [6.07, 6.45) is 2.60. The van der Waals surface area contributed by atoms with E-state index in [0.717, 1.165) is 19.3 Å². The Hall–Kier alpha value is -0.0900. The number of nitrogens with two attached hydrogens (primary N) is 1. The first kappa shape index (κ1) is 12.0. The number of sulfone groups is 1. The van der Waals surface area contributed by atoms with Crippen molar-refractivity contribution in [1.29, 1.82) is 0 Å². The second-order valence-electron chi connectivity index (χ2n) is 4.74. The lowest BCUT2D eigenvalue weighted by Crippen LogP contribution is -2.32. The van der Waals surface area contributed by atoms with Gasteiger partial charge in [-0.2, -0.15) is 0 Å². The van der Waals surface area contributed by atoms with Crippen molar-refractivity contribution in [2.45, 2.75) is 39.2 Å². The van der Waals surface area contributed by atoms with Gasteiger partial charge in [-0.1, -0.05) is 13.8 Å². The van der Waals surface area contributed by atoms with E-state index in [2.05, 4.69) is 13.8 Å². The van der Waals surface area contributed by atoms with E-state index in [9.17, 15) is 8.42 Å². The standard InChI is InChI=1S/C10H21NO2S/c1-8(2)10(11)7-9-3-5-14(12,13)6-4-9/h8-10H,3-7,11H2,1-2H3. The molecule has 0 aromatic heterocycles. The molecular formula is C10H21NO2S. The summed E-state index contributed by atoms with van der Waals surface area (Å²) in [7, 11) is -2.71. The zero-order chi connectivity index (χ0) is 10.8. The molecule has 1 unspecified atom stereocenters. The maximum absolute atomic E-state index is 11.2. The van der Waals surface area contributed by atoms with Crippen LogP contribution in [-0.2, 0) is 9.84 Å². The summed E-state index contributed by atoms with van der Waals surface area (Å²) >= 11 is 0. The second-order valence-corrected chi connectivity index (χ2v) is 7.04. The van der Waals surface area contributed by atoms with Crippen molar-refractivity contribution in [3.05, 3.63) is 0 Å². The van der Waals surface area contributed by atoms with Crippen molar-refractivity contribution in [2.24, 2.45) is 17.6 Å². The lowest BCUT2D eigenvalue weighted by atomic mass is 9.90. The first-order chi connectivity index (χ1) is 6.41. The average Bonchev–Trinajstić information content (AvgIpc) is 2.08. The van der Waals surface area contributed by atoms with Gasteiger partial charge in [-0.3, -0.25) is 0 Å². The zero-order valence-corrected chi connectivity index (χ0v) is 9.89. The third-order valence-electron chi connectivity index (χ3n) is 3.14. The molecule has 1 aliphatic rings.